The van der Waals surface area contributed by atoms with Gasteiger partial charge in [0.15, 0.2) is 8.32 Å². The Hall–Kier alpha value is 0.218. The van der Waals surface area contributed by atoms with Crippen LogP contribution < -0.4 is 0 Å². The minimum Gasteiger partial charge on any atom is -0.495 e. The van der Waals surface area contributed by atoms with E-state index in [-0.39, 0.29) is 5.97 Å². The highest BCUT2D eigenvalue weighted by Crippen LogP contribution is 2.24. The molecule has 0 fully saturated rings. The first kappa shape index (κ1) is 20.2. The first-order valence-electron chi connectivity index (χ1n) is 6.84. The highest BCUT2D eigenvalue weighted by Gasteiger charge is 2.44. The fraction of sp³-hybridized carbons (Fsp3) is 0.909. The van der Waals surface area contributed by atoms with Gasteiger partial charge in [-0.3, -0.25) is 4.79 Å². The number of hydrogen-bond donors (Lipinski definition) is 0. The summed E-state index contributed by atoms with van der Waals surface area (Å²) >= 11 is 0. The third-order valence-electron chi connectivity index (χ3n) is 1.92. The molecule has 5 nitrogen and oxygen atoms in total. The summed E-state index contributed by atoms with van der Waals surface area (Å²) in [6.45, 7) is 19.6. The second kappa shape index (κ2) is 6.54. The second-order valence-electron chi connectivity index (χ2n) is 7.21. The Bertz CT molecular complexity index is 349. The molecule has 0 aromatic carbocycles. The molecule has 120 valence electrons. The summed E-state index contributed by atoms with van der Waals surface area (Å²) in [6.07, 6.45) is 0. The summed E-state index contributed by atoms with van der Waals surface area (Å²) in [5.74, 6) is -0.304. The van der Waals surface area contributed by atoms with Gasteiger partial charge in [-0.1, -0.05) is 0 Å². The van der Waals surface area contributed by atoms with Crippen molar-refractivity contribution < 1.29 is 21.6 Å². The zero-order chi connectivity index (χ0) is 16.4. The molecular weight excluding hydrogens is 324 g/mol. The van der Waals surface area contributed by atoms with Crippen molar-refractivity contribution in [2.75, 3.05) is 0 Å². The van der Waals surface area contributed by atoms with E-state index in [9.17, 15) is 4.79 Å². The minimum atomic E-state index is -2.50. The monoisotopic (exact) mass is 354 g/mol. The van der Waals surface area contributed by atoms with E-state index in [4.69, 9.17) is 16.8 Å². The van der Waals surface area contributed by atoms with Gasteiger partial charge in [0.25, 0.3) is 5.97 Å². The van der Waals surface area contributed by atoms with E-state index in [2.05, 4.69) is 19.6 Å². The molecule has 9 heteroatoms. The van der Waals surface area contributed by atoms with Crippen LogP contribution in [0.25, 0.3) is 0 Å². The maximum absolute atomic E-state index is 11.1. The van der Waals surface area contributed by atoms with Gasteiger partial charge >= 0.3 is 25.7 Å². The lowest BCUT2D eigenvalue weighted by molar-refractivity contribution is -0.133. The van der Waals surface area contributed by atoms with Crippen molar-refractivity contribution in [3.63, 3.8) is 0 Å². The Morgan fingerprint density at radius 3 is 1.35 bits per heavy atom. The van der Waals surface area contributed by atoms with Gasteiger partial charge in [0.05, 0.1) is 0 Å². The van der Waals surface area contributed by atoms with E-state index in [0.29, 0.717) is 0 Å². The Kier molecular flexibility index (Phi) is 6.62. The zero-order valence-electron chi connectivity index (χ0n) is 14.5. The average molecular weight is 355 g/mol. The van der Waals surface area contributed by atoms with E-state index >= 15 is 0 Å². The molecule has 0 atom stereocenters. The SMILES string of the molecule is CC(=O)O[Si](C)(C)O[Si](C)(C)O[Si](C)(C)O[Si](C)(C)C. The standard InChI is InChI=1S/C11H30O5Si4/c1-11(12)13-18(5,6)15-20(9,10)16-19(7,8)14-17(2,3)4/h1-10H3. The molecule has 0 aliphatic rings. The van der Waals surface area contributed by atoms with Crippen LogP contribution in [0.4, 0.5) is 0 Å². The van der Waals surface area contributed by atoms with Gasteiger partial charge in [0.2, 0.25) is 0 Å². The molecule has 0 aromatic heterocycles. The van der Waals surface area contributed by atoms with Crippen molar-refractivity contribution in [3.05, 3.63) is 0 Å². The molecule has 0 heterocycles. The van der Waals surface area contributed by atoms with Crippen LogP contribution in [0, 0.1) is 0 Å². The van der Waals surface area contributed by atoms with Crippen LogP contribution in [0.2, 0.25) is 58.9 Å². The lowest BCUT2D eigenvalue weighted by Crippen LogP contribution is -2.56. The van der Waals surface area contributed by atoms with E-state index in [1.54, 1.807) is 0 Å². The van der Waals surface area contributed by atoms with Crippen molar-refractivity contribution >= 4 is 40.0 Å². The minimum absolute atomic E-state index is 0.304. The van der Waals surface area contributed by atoms with E-state index < -0.39 is 34.0 Å². The predicted octanol–water partition coefficient (Wildman–Crippen LogP) is 3.54. The molecule has 0 saturated heterocycles. The van der Waals surface area contributed by atoms with Crippen LogP contribution in [0.15, 0.2) is 0 Å². The fourth-order valence-corrected chi connectivity index (χ4v) is 19.6. The lowest BCUT2D eigenvalue weighted by Gasteiger charge is -2.39. The zero-order valence-corrected chi connectivity index (χ0v) is 18.5. The topological polar surface area (TPSA) is 54.0 Å². The molecule has 0 radical (unpaired) electrons. The van der Waals surface area contributed by atoms with Gasteiger partial charge in [-0.2, -0.15) is 0 Å². The summed E-state index contributed by atoms with van der Waals surface area (Å²) in [4.78, 5) is 11.1. The molecule has 0 spiro atoms. The lowest BCUT2D eigenvalue weighted by atomic mass is 10.9. The Morgan fingerprint density at radius 1 is 0.650 bits per heavy atom. The predicted molar refractivity (Wildman–Crippen MR) is 90.8 cm³/mol. The van der Waals surface area contributed by atoms with E-state index in [1.807, 2.05) is 39.3 Å². The van der Waals surface area contributed by atoms with Gasteiger partial charge in [0.1, 0.15) is 0 Å². The Labute approximate surface area is 127 Å². The third-order valence-corrected chi connectivity index (χ3v) is 15.0. The molecule has 0 aliphatic carbocycles. The molecule has 0 unspecified atom stereocenters. The Morgan fingerprint density at radius 2 is 1.00 bits per heavy atom. The van der Waals surface area contributed by atoms with Gasteiger partial charge in [-0.05, 0) is 58.9 Å². The second-order valence-corrected chi connectivity index (χ2v) is 22.5. The first-order valence-corrected chi connectivity index (χ1v) is 18.7. The maximum Gasteiger partial charge on any atom is 0.386 e. The largest absolute Gasteiger partial charge is 0.495 e. The summed E-state index contributed by atoms with van der Waals surface area (Å²) < 4.78 is 23.8. The number of rotatable bonds is 7. The normalized spacial score (nSPS) is 14.3. The maximum atomic E-state index is 11.1. The van der Waals surface area contributed by atoms with Crippen molar-refractivity contribution in [2.24, 2.45) is 0 Å². The van der Waals surface area contributed by atoms with E-state index in [1.165, 1.54) is 6.92 Å². The average Bonchev–Trinajstić information content (AvgIpc) is 1.86. The van der Waals surface area contributed by atoms with Gasteiger partial charge in [0, 0.05) is 6.92 Å². The van der Waals surface area contributed by atoms with Crippen LogP contribution in [0.5, 0.6) is 0 Å². The molecule has 0 rings (SSSR count). The molecule has 0 amide bonds. The number of hydrogen-bond acceptors (Lipinski definition) is 5. The number of carbonyl (C=O) groups excluding carboxylic acids is 1. The molecule has 0 aromatic rings. The highest BCUT2D eigenvalue weighted by molar-refractivity contribution is 6.88. The molecule has 0 N–H and O–H groups in total. The molecule has 0 bridgehead atoms. The molecular formula is C11H30O5Si4. The molecule has 0 aliphatic heterocycles. The molecule has 0 saturated carbocycles. The first-order chi connectivity index (χ1) is 8.54. The van der Waals surface area contributed by atoms with Crippen LogP contribution in [0.3, 0.4) is 0 Å². The summed E-state index contributed by atoms with van der Waals surface area (Å²) in [5.41, 5.74) is 0. The van der Waals surface area contributed by atoms with Gasteiger partial charge < -0.3 is 16.8 Å². The van der Waals surface area contributed by atoms with Crippen molar-refractivity contribution in [1.29, 1.82) is 0 Å². The summed E-state index contributed by atoms with van der Waals surface area (Å²) in [6, 6.07) is 0. The van der Waals surface area contributed by atoms with Crippen LogP contribution in [-0.4, -0.2) is 40.0 Å². The number of carbonyl (C=O) groups is 1. The quantitative estimate of drug-likeness (QED) is 0.655. The van der Waals surface area contributed by atoms with Crippen LogP contribution >= 0.6 is 0 Å². The summed E-state index contributed by atoms with van der Waals surface area (Å²) in [5, 5.41) is 0. The smallest absolute Gasteiger partial charge is 0.386 e. The van der Waals surface area contributed by atoms with Crippen LogP contribution in [0.1, 0.15) is 6.92 Å². The van der Waals surface area contributed by atoms with Crippen molar-refractivity contribution in [3.8, 4) is 0 Å². The third kappa shape index (κ3) is 10.0. The Balaban J connectivity index is 4.77. The van der Waals surface area contributed by atoms with Gasteiger partial charge in [-0.25, -0.2) is 0 Å². The van der Waals surface area contributed by atoms with Gasteiger partial charge in [-0.15, -0.1) is 0 Å². The fourth-order valence-electron chi connectivity index (χ4n) is 2.33. The molecule has 20 heavy (non-hydrogen) atoms. The van der Waals surface area contributed by atoms with Crippen LogP contribution in [-0.2, 0) is 21.6 Å². The van der Waals surface area contributed by atoms with E-state index in [0.717, 1.165) is 0 Å². The highest BCUT2D eigenvalue weighted by atomic mass is 28.5. The van der Waals surface area contributed by atoms with Crippen molar-refractivity contribution in [2.45, 2.75) is 65.8 Å². The van der Waals surface area contributed by atoms with Crippen molar-refractivity contribution in [1.82, 2.24) is 0 Å². The summed E-state index contributed by atoms with van der Waals surface area (Å²) in [7, 11) is -8.77.